The van der Waals surface area contributed by atoms with E-state index in [1.165, 1.54) is 0 Å². The zero-order valence-corrected chi connectivity index (χ0v) is 12.1. The largest absolute Gasteiger partial charge is 0.496 e. The number of carbonyl (C=O) groups excluding carboxylic acids is 1. The Labute approximate surface area is 110 Å². The van der Waals surface area contributed by atoms with Crippen LogP contribution in [0.4, 0.5) is 0 Å². The van der Waals surface area contributed by atoms with Crippen molar-refractivity contribution in [3.05, 3.63) is 28.8 Å². The molecule has 0 amide bonds. The summed E-state index contributed by atoms with van der Waals surface area (Å²) in [4.78, 5) is 12.3. The number of Topliss-reactive ketones (excluding diaryl/α,β-unsaturated/α-hetero) is 1. The first-order chi connectivity index (χ1) is 8.42. The molecule has 0 aliphatic rings. The predicted molar refractivity (Wildman–Crippen MR) is 74.7 cm³/mol. The molecule has 1 aromatic carbocycles. The van der Waals surface area contributed by atoms with Crippen molar-refractivity contribution in [2.24, 2.45) is 0 Å². The first-order valence-corrected chi connectivity index (χ1v) is 6.32. The van der Waals surface area contributed by atoms with Crippen LogP contribution in [0.15, 0.2) is 12.1 Å². The highest BCUT2D eigenvalue weighted by atomic mass is 16.5. The van der Waals surface area contributed by atoms with Gasteiger partial charge in [0.15, 0.2) is 5.78 Å². The summed E-state index contributed by atoms with van der Waals surface area (Å²) < 4.78 is 5.38. The summed E-state index contributed by atoms with van der Waals surface area (Å²) in [7, 11) is 3.46. The Bertz CT molecular complexity index is 438. The number of likely N-dealkylation sites (N-methyl/N-ethyl adjacent to an activating group) is 1. The van der Waals surface area contributed by atoms with Crippen LogP contribution in [0.5, 0.6) is 5.75 Å². The van der Waals surface area contributed by atoms with Crippen LogP contribution in [0, 0.1) is 6.92 Å². The Hall–Kier alpha value is -1.35. The van der Waals surface area contributed by atoms with Gasteiger partial charge in [0, 0.05) is 5.56 Å². The Morgan fingerprint density at radius 2 is 1.89 bits per heavy atom. The molecular formula is C15H23NO2. The van der Waals surface area contributed by atoms with Gasteiger partial charge in [-0.3, -0.25) is 4.79 Å². The third-order valence-electron chi connectivity index (χ3n) is 3.29. The molecule has 0 saturated heterocycles. The summed E-state index contributed by atoms with van der Waals surface area (Å²) in [5.74, 6) is 1.31. The summed E-state index contributed by atoms with van der Waals surface area (Å²) in [6.07, 6.45) is 0. The van der Waals surface area contributed by atoms with Gasteiger partial charge in [-0.25, -0.2) is 0 Å². The molecule has 0 aliphatic heterocycles. The van der Waals surface area contributed by atoms with Gasteiger partial charge in [-0.1, -0.05) is 13.8 Å². The van der Waals surface area contributed by atoms with E-state index in [2.05, 4.69) is 19.2 Å². The number of nitrogens with one attached hydrogen (secondary N) is 1. The molecule has 0 fully saturated rings. The highest BCUT2D eigenvalue weighted by Gasteiger charge is 2.19. The zero-order chi connectivity index (χ0) is 13.9. The average molecular weight is 249 g/mol. The molecule has 1 rings (SSSR count). The van der Waals surface area contributed by atoms with Gasteiger partial charge in [-0.05, 0) is 50.1 Å². The van der Waals surface area contributed by atoms with Crippen molar-refractivity contribution >= 4 is 5.78 Å². The number of benzene rings is 1. The van der Waals surface area contributed by atoms with Gasteiger partial charge in [0.1, 0.15) is 5.75 Å². The number of ether oxygens (including phenoxy) is 1. The molecule has 0 radical (unpaired) electrons. The number of hydrogen-bond acceptors (Lipinski definition) is 3. The molecule has 0 spiro atoms. The van der Waals surface area contributed by atoms with Gasteiger partial charge in [0.05, 0.1) is 13.2 Å². The lowest BCUT2D eigenvalue weighted by atomic mass is 9.93. The van der Waals surface area contributed by atoms with E-state index in [0.717, 1.165) is 22.4 Å². The lowest BCUT2D eigenvalue weighted by molar-refractivity contribution is 0.0954. The van der Waals surface area contributed by atoms with E-state index >= 15 is 0 Å². The van der Waals surface area contributed by atoms with Crippen LogP contribution in [0.1, 0.15) is 48.2 Å². The monoisotopic (exact) mass is 249 g/mol. The lowest BCUT2D eigenvalue weighted by Gasteiger charge is -2.17. The molecule has 0 bridgehead atoms. The van der Waals surface area contributed by atoms with Gasteiger partial charge in [-0.2, -0.15) is 0 Å². The van der Waals surface area contributed by atoms with E-state index in [-0.39, 0.29) is 11.8 Å². The maximum absolute atomic E-state index is 12.3. The third kappa shape index (κ3) is 2.91. The maximum Gasteiger partial charge on any atom is 0.179 e. The number of carbonyl (C=O) groups is 1. The summed E-state index contributed by atoms with van der Waals surface area (Å²) in [6.45, 7) is 8.02. The van der Waals surface area contributed by atoms with Gasteiger partial charge >= 0.3 is 0 Å². The molecule has 0 aliphatic carbocycles. The molecule has 1 atom stereocenters. The van der Waals surface area contributed by atoms with Gasteiger partial charge in [-0.15, -0.1) is 0 Å². The molecule has 0 saturated carbocycles. The second kappa shape index (κ2) is 6.01. The smallest absolute Gasteiger partial charge is 0.179 e. The minimum absolute atomic E-state index is 0.125. The molecule has 0 aromatic heterocycles. The number of ketones is 1. The maximum atomic E-state index is 12.3. The van der Waals surface area contributed by atoms with Crippen molar-refractivity contribution in [2.75, 3.05) is 14.2 Å². The lowest BCUT2D eigenvalue weighted by Crippen LogP contribution is -2.31. The highest BCUT2D eigenvalue weighted by molar-refractivity contribution is 6.01. The SMILES string of the molecule is CNC(C)C(=O)c1cc(C(C)C)c(OC)cc1C. The minimum Gasteiger partial charge on any atom is -0.496 e. The Morgan fingerprint density at radius 1 is 1.28 bits per heavy atom. The van der Waals surface area contributed by atoms with Crippen LogP contribution in [-0.2, 0) is 0 Å². The normalized spacial score (nSPS) is 12.6. The Morgan fingerprint density at radius 3 is 2.33 bits per heavy atom. The summed E-state index contributed by atoms with van der Waals surface area (Å²) in [5.41, 5.74) is 2.82. The minimum atomic E-state index is -0.169. The fourth-order valence-electron chi connectivity index (χ4n) is 1.96. The third-order valence-corrected chi connectivity index (χ3v) is 3.29. The summed E-state index contributed by atoms with van der Waals surface area (Å²) in [5, 5.41) is 2.99. The average Bonchev–Trinajstić information content (AvgIpc) is 2.36. The van der Waals surface area contributed by atoms with Crippen molar-refractivity contribution in [3.8, 4) is 5.75 Å². The fourth-order valence-corrected chi connectivity index (χ4v) is 1.96. The summed E-state index contributed by atoms with van der Waals surface area (Å²) in [6, 6.07) is 3.75. The van der Waals surface area contributed by atoms with Crippen LogP contribution in [-0.4, -0.2) is 26.0 Å². The van der Waals surface area contributed by atoms with Crippen molar-refractivity contribution in [1.82, 2.24) is 5.32 Å². The van der Waals surface area contributed by atoms with E-state index in [1.54, 1.807) is 14.2 Å². The van der Waals surface area contributed by atoms with Crippen molar-refractivity contribution in [3.63, 3.8) is 0 Å². The quantitative estimate of drug-likeness (QED) is 0.815. The molecule has 18 heavy (non-hydrogen) atoms. The van der Waals surface area contributed by atoms with E-state index in [0.29, 0.717) is 5.92 Å². The van der Waals surface area contributed by atoms with Gasteiger partial charge < -0.3 is 10.1 Å². The zero-order valence-electron chi connectivity index (χ0n) is 12.1. The second-order valence-electron chi connectivity index (χ2n) is 4.94. The molecule has 1 N–H and O–H groups in total. The fraction of sp³-hybridized carbons (Fsp3) is 0.533. The van der Waals surface area contributed by atoms with Gasteiger partial charge in [0.25, 0.3) is 0 Å². The first-order valence-electron chi connectivity index (χ1n) is 6.32. The predicted octanol–water partition coefficient (Wildman–Crippen LogP) is 2.92. The van der Waals surface area contributed by atoms with Crippen LogP contribution < -0.4 is 10.1 Å². The van der Waals surface area contributed by atoms with E-state index in [1.807, 2.05) is 26.0 Å². The highest BCUT2D eigenvalue weighted by Crippen LogP contribution is 2.30. The Kier molecular flexibility index (Phi) is 4.91. The molecule has 1 unspecified atom stereocenters. The van der Waals surface area contributed by atoms with Gasteiger partial charge in [0.2, 0.25) is 0 Å². The molecule has 1 aromatic rings. The molecular weight excluding hydrogens is 226 g/mol. The molecule has 3 nitrogen and oxygen atoms in total. The topological polar surface area (TPSA) is 38.3 Å². The molecule has 0 heterocycles. The van der Waals surface area contributed by atoms with Crippen LogP contribution in [0.3, 0.4) is 0 Å². The van der Waals surface area contributed by atoms with E-state index in [4.69, 9.17) is 4.74 Å². The van der Waals surface area contributed by atoms with E-state index < -0.39 is 0 Å². The number of hydrogen-bond donors (Lipinski definition) is 1. The van der Waals surface area contributed by atoms with Crippen LogP contribution in [0.25, 0.3) is 0 Å². The Balaban J connectivity index is 3.29. The first kappa shape index (κ1) is 14.7. The second-order valence-corrected chi connectivity index (χ2v) is 4.94. The van der Waals surface area contributed by atoms with Crippen molar-refractivity contribution < 1.29 is 9.53 Å². The summed E-state index contributed by atoms with van der Waals surface area (Å²) >= 11 is 0. The number of aryl methyl sites for hydroxylation is 1. The molecule has 100 valence electrons. The number of methoxy groups -OCH3 is 1. The standard InChI is InChI=1S/C15H23NO2/c1-9(2)12-8-13(15(17)11(4)16-5)10(3)7-14(12)18-6/h7-9,11,16H,1-6H3. The van der Waals surface area contributed by atoms with E-state index in [9.17, 15) is 4.79 Å². The van der Waals surface area contributed by atoms with Crippen molar-refractivity contribution in [2.45, 2.75) is 39.7 Å². The van der Waals surface area contributed by atoms with Crippen LogP contribution in [0.2, 0.25) is 0 Å². The molecule has 3 heteroatoms. The van der Waals surface area contributed by atoms with Crippen molar-refractivity contribution in [1.29, 1.82) is 0 Å². The van der Waals surface area contributed by atoms with Crippen LogP contribution >= 0.6 is 0 Å². The number of rotatable bonds is 5.